The number of anilines is 1. The van der Waals surface area contributed by atoms with E-state index < -0.39 is 0 Å². The Kier molecular flexibility index (Phi) is 7.44. The predicted molar refractivity (Wildman–Crippen MR) is 101 cm³/mol. The number of amides is 2. The topological polar surface area (TPSA) is 70.2 Å². The van der Waals surface area contributed by atoms with Crippen LogP contribution < -0.4 is 16.0 Å². The summed E-state index contributed by atoms with van der Waals surface area (Å²) in [5.74, 6) is -0.278. The van der Waals surface area contributed by atoms with Gasteiger partial charge in [-0.2, -0.15) is 0 Å². The zero-order valence-electron chi connectivity index (χ0n) is 14.1. The molecule has 0 atom stereocenters. The number of rotatable bonds is 8. The summed E-state index contributed by atoms with van der Waals surface area (Å²) >= 11 is 6.04. The van der Waals surface area contributed by atoms with Gasteiger partial charge in [-0.3, -0.25) is 9.59 Å². The van der Waals surface area contributed by atoms with Crippen molar-refractivity contribution < 1.29 is 9.59 Å². The van der Waals surface area contributed by atoms with Gasteiger partial charge in [0.25, 0.3) is 5.91 Å². The summed E-state index contributed by atoms with van der Waals surface area (Å²) < 4.78 is 0. The first-order valence-corrected chi connectivity index (χ1v) is 8.60. The molecule has 2 aromatic rings. The molecule has 25 heavy (non-hydrogen) atoms. The van der Waals surface area contributed by atoms with Gasteiger partial charge in [-0.25, -0.2) is 0 Å². The molecule has 6 heteroatoms. The maximum absolute atomic E-state index is 12.3. The standard InChI is InChI=1S/C19H22ClN3O2/c1-2-10-22-18(24)13-21-12-14-6-5-7-15(11-14)23-19(25)16-8-3-4-9-17(16)20/h3-9,11,21H,2,10,12-13H2,1H3,(H,22,24)(H,23,25). The van der Waals surface area contributed by atoms with E-state index in [9.17, 15) is 9.59 Å². The van der Waals surface area contributed by atoms with Crippen molar-refractivity contribution in [1.29, 1.82) is 0 Å². The highest BCUT2D eigenvalue weighted by atomic mass is 35.5. The zero-order valence-corrected chi connectivity index (χ0v) is 14.9. The van der Waals surface area contributed by atoms with Crippen molar-refractivity contribution in [3.05, 3.63) is 64.7 Å². The summed E-state index contributed by atoms with van der Waals surface area (Å²) in [6.07, 6.45) is 0.916. The second-order valence-corrected chi connectivity index (χ2v) is 6.00. The molecule has 0 bridgehead atoms. The molecule has 0 spiro atoms. The van der Waals surface area contributed by atoms with Gasteiger partial charge < -0.3 is 16.0 Å². The van der Waals surface area contributed by atoms with E-state index in [1.807, 2.05) is 31.2 Å². The van der Waals surface area contributed by atoms with Crippen LogP contribution in [-0.2, 0) is 11.3 Å². The van der Waals surface area contributed by atoms with Crippen LogP contribution in [0, 0.1) is 0 Å². The maximum Gasteiger partial charge on any atom is 0.257 e. The van der Waals surface area contributed by atoms with Crippen LogP contribution in [0.4, 0.5) is 5.69 Å². The molecule has 0 saturated heterocycles. The zero-order chi connectivity index (χ0) is 18.1. The van der Waals surface area contributed by atoms with Crippen molar-refractivity contribution in [2.75, 3.05) is 18.4 Å². The van der Waals surface area contributed by atoms with Gasteiger partial charge >= 0.3 is 0 Å². The van der Waals surface area contributed by atoms with E-state index in [-0.39, 0.29) is 18.4 Å². The number of carbonyl (C=O) groups excluding carboxylic acids is 2. The fourth-order valence-electron chi connectivity index (χ4n) is 2.25. The van der Waals surface area contributed by atoms with Crippen molar-refractivity contribution >= 4 is 29.1 Å². The number of hydrogen-bond acceptors (Lipinski definition) is 3. The molecule has 0 heterocycles. The van der Waals surface area contributed by atoms with Crippen molar-refractivity contribution in [1.82, 2.24) is 10.6 Å². The van der Waals surface area contributed by atoms with Gasteiger partial charge in [0.2, 0.25) is 5.91 Å². The first-order chi connectivity index (χ1) is 12.1. The van der Waals surface area contributed by atoms with Gasteiger partial charge in [-0.1, -0.05) is 42.8 Å². The van der Waals surface area contributed by atoms with Crippen molar-refractivity contribution in [3.63, 3.8) is 0 Å². The largest absolute Gasteiger partial charge is 0.355 e. The molecule has 0 aliphatic heterocycles. The first kappa shape index (κ1) is 19.0. The van der Waals surface area contributed by atoms with Gasteiger partial charge in [-0.05, 0) is 36.2 Å². The molecule has 0 fully saturated rings. The van der Waals surface area contributed by atoms with E-state index in [0.29, 0.717) is 29.4 Å². The molecule has 0 aliphatic carbocycles. The summed E-state index contributed by atoms with van der Waals surface area (Å²) in [4.78, 5) is 23.8. The van der Waals surface area contributed by atoms with E-state index >= 15 is 0 Å². The third-order valence-electron chi connectivity index (χ3n) is 3.49. The van der Waals surface area contributed by atoms with E-state index in [1.54, 1.807) is 24.3 Å². The van der Waals surface area contributed by atoms with E-state index in [1.165, 1.54) is 0 Å². The second-order valence-electron chi connectivity index (χ2n) is 5.59. The van der Waals surface area contributed by atoms with Crippen LogP contribution >= 0.6 is 11.6 Å². The minimum absolute atomic E-state index is 0.0231. The molecule has 2 amide bonds. The van der Waals surface area contributed by atoms with Crippen molar-refractivity contribution in [3.8, 4) is 0 Å². The number of carbonyl (C=O) groups is 2. The molecule has 2 rings (SSSR count). The van der Waals surface area contributed by atoms with Gasteiger partial charge in [-0.15, -0.1) is 0 Å². The summed E-state index contributed by atoms with van der Waals surface area (Å²) in [5, 5.41) is 9.14. The van der Waals surface area contributed by atoms with E-state index in [2.05, 4.69) is 16.0 Å². The fraction of sp³-hybridized carbons (Fsp3) is 0.263. The molecule has 3 N–H and O–H groups in total. The van der Waals surface area contributed by atoms with Crippen LogP contribution in [0.1, 0.15) is 29.3 Å². The Morgan fingerprint density at radius 3 is 2.64 bits per heavy atom. The quantitative estimate of drug-likeness (QED) is 0.677. The van der Waals surface area contributed by atoms with Gasteiger partial charge in [0, 0.05) is 18.8 Å². The van der Waals surface area contributed by atoms with Crippen LogP contribution in [0.3, 0.4) is 0 Å². The minimum Gasteiger partial charge on any atom is -0.355 e. The molecule has 132 valence electrons. The lowest BCUT2D eigenvalue weighted by molar-refractivity contribution is -0.120. The van der Waals surface area contributed by atoms with Crippen LogP contribution in [-0.4, -0.2) is 24.9 Å². The monoisotopic (exact) mass is 359 g/mol. The Morgan fingerprint density at radius 1 is 1.08 bits per heavy atom. The number of benzene rings is 2. The first-order valence-electron chi connectivity index (χ1n) is 8.22. The van der Waals surface area contributed by atoms with Crippen molar-refractivity contribution in [2.24, 2.45) is 0 Å². The highest BCUT2D eigenvalue weighted by molar-refractivity contribution is 6.34. The van der Waals surface area contributed by atoms with Crippen LogP contribution in [0.5, 0.6) is 0 Å². The molecule has 0 aromatic heterocycles. The van der Waals surface area contributed by atoms with Crippen LogP contribution in [0.2, 0.25) is 5.02 Å². The average molecular weight is 360 g/mol. The molecule has 0 saturated carbocycles. The van der Waals surface area contributed by atoms with Crippen LogP contribution in [0.15, 0.2) is 48.5 Å². The summed E-state index contributed by atoms with van der Waals surface area (Å²) in [6.45, 7) is 3.49. The molecule has 0 unspecified atom stereocenters. The lowest BCUT2D eigenvalue weighted by Crippen LogP contribution is -2.33. The summed E-state index contributed by atoms with van der Waals surface area (Å²) in [6, 6.07) is 14.4. The summed E-state index contributed by atoms with van der Waals surface area (Å²) in [5.41, 5.74) is 2.08. The Morgan fingerprint density at radius 2 is 1.88 bits per heavy atom. The average Bonchev–Trinajstić information content (AvgIpc) is 2.60. The van der Waals surface area contributed by atoms with Crippen molar-refractivity contribution in [2.45, 2.75) is 19.9 Å². The molecule has 2 aromatic carbocycles. The highest BCUT2D eigenvalue weighted by Gasteiger charge is 2.10. The Balaban J connectivity index is 1.89. The third-order valence-corrected chi connectivity index (χ3v) is 3.82. The third kappa shape index (κ3) is 6.21. The lowest BCUT2D eigenvalue weighted by atomic mass is 10.1. The number of hydrogen-bond donors (Lipinski definition) is 3. The maximum atomic E-state index is 12.3. The molecular formula is C19H22ClN3O2. The fourth-order valence-corrected chi connectivity index (χ4v) is 2.47. The lowest BCUT2D eigenvalue weighted by Gasteiger charge is -2.09. The van der Waals surface area contributed by atoms with E-state index in [4.69, 9.17) is 11.6 Å². The Labute approximate surface area is 152 Å². The normalized spacial score (nSPS) is 10.3. The van der Waals surface area contributed by atoms with Gasteiger partial charge in [0.05, 0.1) is 17.1 Å². The SMILES string of the molecule is CCCNC(=O)CNCc1cccc(NC(=O)c2ccccc2Cl)c1. The number of nitrogens with one attached hydrogen (secondary N) is 3. The van der Waals surface area contributed by atoms with E-state index in [0.717, 1.165) is 12.0 Å². The summed E-state index contributed by atoms with van der Waals surface area (Å²) in [7, 11) is 0. The number of halogens is 1. The predicted octanol–water partition coefficient (Wildman–Crippen LogP) is 3.21. The van der Waals surface area contributed by atoms with Crippen LogP contribution in [0.25, 0.3) is 0 Å². The minimum atomic E-state index is -0.255. The molecule has 0 aliphatic rings. The highest BCUT2D eigenvalue weighted by Crippen LogP contribution is 2.17. The Bertz CT molecular complexity index is 734. The smallest absolute Gasteiger partial charge is 0.257 e. The molecule has 0 radical (unpaired) electrons. The molecular weight excluding hydrogens is 338 g/mol. The molecule has 5 nitrogen and oxygen atoms in total. The second kappa shape index (κ2) is 9.81. The Hall–Kier alpha value is -2.37. The van der Waals surface area contributed by atoms with Gasteiger partial charge in [0.1, 0.15) is 0 Å². The van der Waals surface area contributed by atoms with Gasteiger partial charge in [0.15, 0.2) is 0 Å².